The zero-order valence-corrected chi connectivity index (χ0v) is 12.8. The number of benzene rings is 1. The van der Waals surface area contributed by atoms with Gasteiger partial charge in [0, 0.05) is 18.6 Å². The maximum atomic E-state index is 13.6. The van der Waals surface area contributed by atoms with Crippen LogP contribution in [-0.2, 0) is 0 Å². The van der Waals surface area contributed by atoms with Crippen LogP contribution in [0.2, 0.25) is 0 Å². The van der Waals surface area contributed by atoms with Gasteiger partial charge in [0.15, 0.2) is 0 Å². The molecule has 0 aliphatic carbocycles. The zero-order chi connectivity index (χ0) is 14.7. The Hall–Kier alpha value is -0.930. The molecule has 4 unspecified atom stereocenters. The van der Waals surface area contributed by atoms with Gasteiger partial charge in [-0.1, -0.05) is 26.0 Å². The molecule has 20 heavy (non-hydrogen) atoms. The molecule has 2 N–H and O–H groups in total. The highest BCUT2D eigenvalue weighted by Gasteiger charge is 2.33. The van der Waals surface area contributed by atoms with Crippen LogP contribution in [0.3, 0.4) is 0 Å². The summed E-state index contributed by atoms with van der Waals surface area (Å²) in [6.07, 6.45) is 3.37. The first kappa shape index (κ1) is 15.5. The third-order valence-electron chi connectivity index (χ3n) is 4.59. The van der Waals surface area contributed by atoms with Crippen molar-refractivity contribution in [3.05, 3.63) is 35.6 Å². The Morgan fingerprint density at radius 1 is 1.35 bits per heavy atom. The summed E-state index contributed by atoms with van der Waals surface area (Å²) in [7, 11) is 0. The van der Waals surface area contributed by atoms with Crippen molar-refractivity contribution in [1.82, 2.24) is 4.90 Å². The lowest BCUT2D eigenvalue weighted by Crippen LogP contribution is -2.49. The molecule has 112 valence electrons. The summed E-state index contributed by atoms with van der Waals surface area (Å²) in [5.41, 5.74) is 7.39. The Bertz CT molecular complexity index is 435. The highest BCUT2D eigenvalue weighted by molar-refractivity contribution is 5.22. The first-order valence-corrected chi connectivity index (χ1v) is 7.79. The molecule has 4 atom stereocenters. The molecule has 0 radical (unpaired) electrons. The van der Waals surface area contributed by atoms with Crippen molar-refractivity contribution in [3.8, 4) is 0 Å². The Balaban J connectivity index is 2.31. The van der Waals surface area contributed by atoms with E-state index in [1.165, 1.54) is 18.9 Å². The first-order valence-electron chi connectivity index (χ1n) is 7.79. The molecule has 0 saturated carbocycles. The van der Waals surface area contributed by atoms with Gasteiger partial charge in [-0.05, 0) is 49.8 Å². The van der Waals surface area contributed by atoms with Crippen molar-refractivity contribution in [3.63, 3.8) is 0 Å². The van der Waals surface area contributed by atoms with Crippen LogP contribution >= 0.6 is 0 Å². The summed E-state index contributed by atoms with van der Waals surface area (Å²) in [5.74, 6) is 0.514. The second-order valence-electron chi connectivity index (χ2n) is 6.30. The van der Waals surface area contributed by atoms with Crippen molar-refractivity contribution >= 4 is 0 Å². The van der Waals surface area contributed by atoms with E-state index < -0.39 is 0 Å². The average Bonchev–Trinajstić information content (AvgIpc) is 2.43. The van der Waals surface area contributed by atoms with Crippen LogP contribution < -0.4 is 5.73 Å². The van der Waals surface area contributed by atoms with Gasteiger partial charge >= 0.3 is 0 Å². The third kappa shape index (κ3) is 3.39. The lowest BCUT2D eigenvalue weighted by atomic mass is 9.88. The Morgan fingerprint density at radius 3 is 2.75 bits per heavy atom. The van der Waals surface area contributed by atoms with Crippen molar-refractivity contribution in [2.45, 2.75) is 58.2 Å². The fraction of sp³-hybridized carbons (Fsp3) is 0.647. The molecule has 2 nitrogen and oxygen atoms in total. The minimum atomic E-state index is -0.173. The fourth-order valence-corrected chi connectivity index (χ4v) is 3.31. The van der Waals surface area contributed by atoms with E-state index in [-0.39, 0.29) is 17.9 Å². The third-order valence-corrected chi connectivity index (χ3v) is 4.59. The molecule has 1 fully saturated rings. The van der Waals surface area contributed by atoms with Crippen LogP contribution in [0, 0.1) is 11.7 Å². The molecule has 1 saturated heterocycles. The maximum Gasteiger partial charge on any atom is 0.123 e. The van der Waals surface area contributed by atoms with Crippen molar-refractivity contribution < 1.29 is 4.39 Å². The molecule has 0 amide bonds. The number of nitrogens with two attached hydrogens (primary N) is 1. The van der Waals surface area contributed by atoms with Crippen molar-refractivity contribution in [2.24, 2.45) is 11.7 Å². The van der Waals surface area contributed by atoms with Gasteiger partial charge in [-0.2, -0.15) is 0 Å². The lowest BCUT2D eigenvalue weighted by molar-refractivity contribution is 0.0624. The predicted octanol–water partition coefficient (Wildman–Crippen LogP) is 3.72. The van der Waals surface area contributed by atoms with Crippen LogP contribution in [0.25, 0.3) is 0 Å². The molecule has 1 aromatic rings. The van der Waals surface area contributed by atoms with Crippen LogP contribution in [-0.4, -0.2) is 23.5 Å². The second-order valence-corrected chi connectivity index (χ2v) is 6.30. The van der Waals surface area contributed by atoms with Gasteiger partial charge in [0.2, 0.25) is 0 Å². The number of hydrogen-bond donors (Lipinski definition) is 1. The standard InChI is InChI=1S/C17H27FN2/c1-4-16(19)17(14-6-5-7-15(18)10-14)20-11-12(2)8-9-13(20)3/h5-7,10,12-13,16-17H,4,8-9,11,19H2,1-3H3. The van der Waals surface area contributed by atoms with E-state index in [0.717, 1.165) is 18.5 Å². The van der Waals surface area contributed by atoms with E-state index >= 15 is 0 Å². The quantitative estimate of drug-likeness (QED) is 0.909. The number of rotatable bonds is 4. The van der Waals surface area contributed by atoms with Gasteiger partial charge in [-0.25, -0.2) is 4.39 Å². The highest BCUT2D eigenvalue weighted by Crippen LogP contribution is 2.33. The van der Waals surface area contributed by atoms with E-state index in [2.05, 4.69) is 25.7 Å². The number of halogens is 1. The molecule has 1 aliphatic heterocycles. The van der Waals surface area contributed by atoms with Gasteiger partial charge in [0.25, 0.3) is 0 Å². The smallest absolute Gasteiger partial charge is 0.123 e. The monoisotopic (exact) mass is 278 g/mol. The molecule has 1 aliphatic rings. The van der Waals surface area contributed by atoms with E-state index in [4.69, 9.17) is 5.73 Å². The van der Waals surface area contributed by atoms with Crippen LogP contribution in [0.4, 0.5) is 4.39 Å². The van der Waals surface area contributed by atoms with E-state index in [1.807, 2.05) is 6.07 Å². The van der Waals surface area contributed by atoms with E-state index in [0.29, 0.717) is 12.0 Å². The summed E-state index contributed by atoms with van der Waals surface area (Å²) >= 11 is 0. The van der Waals surface area contributed by atoms with Crippen molar-refractivity contribution in [1.29, 1.82) is 0 Å². The molecule has 3 heteroatoms. The second kappa shape index (κ2) is 6.68. The van der Waals surface area contributed by atoms with Gasteiger partial charge in [-0.3, -0.25) is 4.90 Å². The van der Waals surface area contributed by atoms with Crippen LogP contribution in [0.5, 0.6) is 0 Å². The Labute approximate surface area is 122 Å². The Morgan fingerprint density at radius 2 is 2.10 bits per heavy atom. The number of nitrogens with zero attached hydrogens (tertiary/aromatic N) is 1. The normalized spacial score (nSPS) is 27.2. The minimum absolute atomic E-state index is 0.0459. The summed E-state index contributed by atoms with van der Waals surface area (Å²) in [5, 5.41) is 0. The number of hydrogen-bond acceptors (Lipinski definition) is 2. The van der Waals surface area contributed by atoms with Gasteiger partial charge in [-0.15, -0.1) is 0 Å². The summed E-state index contributed by atoms with van der Waals surface area (Å²) < 4.78 is 13.6. The number of likely N-dealkylation sites (tertiary alicyclic amines) is 1. The molecule has 1 aromatic carbocycles. The average molecular weight is 278 g/mol. The summed E-state index contributed by atoms with van der Waals surface area (Å²) in [4.78, 5) is 2.48. The van der Waals surface area contributed by atoms with Crippen LogP contribution in [0.15, 0.2) is 24.3 Å². The maximum absolute atomic E-state index is 13.6. The molecule has 0 aromatic heterocycles. The first-order chi connectivity index (χ1) is 9.52. The molecule has 0 bridgehead atoms. The lowest BCUT2D eigenvalue weighted by Gasteiger charge is -2.44. The topological polar surface area (TPSA) is 29.3 Å². The van der Waals surface area contributed by atoms with E-state index in [1.54, 1.807) is 12.1 Å². The van der Waals surface area contributed by atoms with Gasteiger partial charge < -0.3 is 5.73 Å². The fourth-order valence-electron chi connectivity index (χ4n) is 3.31. The van der Waals surface area contributed by atoms with Gasteiger partial charge in [0.1, 0.15) is 5.82 Å². The molecule has 2 rings (SSSR count). The predicted molar refractivity (Wildman–Crippen MR) is 82.0 cm³/mol. The molecular formula is C17H27FN2. The zero-order valence-electron chi connectivity index (χ0n) is 12.8. The van der Waals surface area contributed by atoms with Gasteiger partial charge in [0.05, 0.1) is 6.04 Å². The van der Waals surface area contributed by atoms with Crippen LogP contribution in [0.1, 0.15) is 51.6 Å². The highest BCUT2D eigenvalue weighted by atomic mass is 19.1. The molecule has 1 heterocycles. The largest absolute Gasteiger partial charge is 0.326 e. The SMILES string of the molecule is CCC(N)C(c1cccc(F)c1)N1CC(C)CCC1C. The minimum Gasteiger partial charge on any atom is -0.326 e. The summed E-state index contributed by atoms with van der Waals surface area (Å²) in [6, 6.07) is 7.62. The van der Waals surface area contributed by atoms with Crippen molar-refractivity contribution in [2.75, 3.05) is 6.54 Å². The van der Waals surface area contributed by atoms with E-state index in [9.17, 15) is 4.39 Å². The summed E-state index contributed by atoms with van der Waals surface area (Å²) in [6.45, 7) is 7.71. The Kier molecular flexibility index (Phi) is 5.17. The number of piperidine rings is 1. The molecule has 0 spiro atoms. The molecular weight excluding hydrogens is 251 g/mol.